The number of nitrogens with zero attached hydrogens (tertiary/aromatic N) is 4. The molecular formula is C15H12F2N4O2. The first-order chi connectivity index (χ1) is 11.0. The van der Waals surface area contributed by atoms with Gasteiger partial charge in [-0.05, 0) is 25.1 Å². The molecule has 8 heteroatoms. The average Bonchev–Trinajstić information content (AvgIpc) is 2.51. The number of hydrogen-bond donors (Lipinski definition) is 0. The molecule has 3 rings (SSSR count). The lowest BCUT2D eigenvalue weighted by Crippen LogP contribution is -2.22. The number of pyridine rings is 2. The summed E-state index contributed by atoms with van der Waals surface area (Å²) in [6, 6.07) is 5.77. The maximum absolute atomic E-state index is 12.5. The summed E-state index contributed by atoms with van der Waals surface area (Å²) in [5.74, 6) is -0.0768. The third-order valence-corrected chi connectivity index (χ3v) is 3.18. The third kappa shape index (κ3) is 3.15. The Hall–Kier alpha value is -2.90. The van der Waals surface area contributed by atoms with Gasteiger partial charge in [0, 0.05) is 18.5 Å². The van der Waals surface area contributed by atoms with Crippen LogP contribution in [0.15, 0.2) is 41.5 Å². The van der Waals surface area contributed by atoms with Crippen LogP contribution in [-0.4, -0.2) is 26.1 Å². The van der Waals surface area contributed by atoms with Gasteiger partial charge in [0.2, 0.25) is 0 Å². The molecular weight excluding hydrogens is 306 g/mol. The molecule has 118 valence electrons. The largest absolute Gasteiger partial charge is 0.433 e. The molecule has 0 radical (unpaired) electrons. The highest BCUT2D eigenvalue weighted by molar-refractivity contribution is 5.69. The number of fused-ring (bicyclic) bond motifs is 1. The Balaban J connectivity index is 2.10. The van der Waals surface area contributed by atoms with Gasteiger partial charge in [0.25, 0.3) is 5.56 Å². The van der Waals surface area contributed by atoms with E-state index in [2.05, 4.69) is 19.7 Å². The number of hydrogen-bond acceptors (Lipinski definition) is 5. The summed E-state index contributed by atoms with van der Waals surface area (Å²) in [7, 11) is 0. The highest BCUT2D eigenvalue weighted by Gasteiger charge is 2.13. The van der Waals surface area contributed by atoms with Crippen molar-refractivity contribution in [2.75, 3.05) is 0 Å². The number of aryl methyl sites for hydroxylation is 1. The lowest BCUT2D eigenvalue weighted by atomic mass is 10.3. The van der Waals surface area contributed by atoms with Crippen molar-refractivity contribution in [1.29, 1.82) is 0 Å². The molecule has 0 spiro atoms. The Labute approximate surface area is 129 Å². The van der Waals surface area contributed by atoms with Crippen LogP contribution >= 0.6 is 0 Å². The van der Waals surface area contributed by atoms with Crippen LogP contribution in [0.5, 0.6) is 5.75 Å². The van der Waals surface area contributed by atoms with E-state index < -0.39 is 6.61 Å². The van der Waals surface area contributed by atoms with Crippen LogP contribution in [0.1, 0.15) is 11.4 Å². The van der Waals surface area contributed by atoms with Crippen molar-refractivity contribution in [2.45, 2.75) is 20.1 Å². The second-order valence-electron chi connectivity index (χ2n) is 4.80. The van der Waals surface area contributed by atoms with Crippen molar-refractivity contribution in [3.8, 4) is 5.75 Å². The molecule has 0 saturated carbocycles. The van der Waals surface area contributed by atoms with E-state index in [0.717, 1.165) is 0 Å². The molecule has 23 heavy (non-hydrogen) atoms. The molecule has 3 aromatic heterocycles. The normalized spacial score (nSPS) is 11.1. The van der Waals surface area contributed by atoms with E-state index in [1.165, 1.54) is 29.0 Å². The van der Waals surface area contributed by atoms with Crippen LogP contribution in [0.25, 0.3) is 11.2 Å². The Morgan fingerprint density at radius 3 is 2.87 bits per heavy atom. The summed E-state index contributed by atoms with van der Waals surface area (Å²) in [5.41, 5.74) is 1.42. The van der Waals surface area contributed by atoms with Crippen molar-refractivity contribution in [1.82, 2.24) is 19.5 Å². The maximum atomic E-state index is 12.5. The molecule has 0 aliphatic heterocycles. The fourth-order valence-corrected chi connectivity index (χ4v) is 2.18. The molecule has 6 nitrogen and oxygen atoms in total. The summed E-state index contributed by atoms with van der Waals surface area (Å²) in [6.45, 7) is -1.26. The Morgan fingerprint density at radius 1 is 1.26 bits per heavy atom. The van der Waals surface area contributed by atoms with Gasteiger partial charge < -0.3 is 4.74 Å². The standard InChI is InChI=1S/C15H12F2N4O2/c1-9-7-19-10-4-5-13(22)21(14(10)20-9)8-11-12(23-15(16)17)3-2-6-18-11/h2-7,15H,8H2,1H3. The molecule has 0 aliphatic carbocycles. The highest BCUT2D eigenvalue weighted by atomic mass is 19.3. The van der Waals surface area contributed by atoms with E-state index in [9.17, 15) is 13.6 Å². The molecule has 0 N–H and O–H groups in total. The first-order valence-corrected chi connectivity index (χ1v) is 6.76. The van der Waals surface area contributed by atoms with Crippen molar-refractivity contribution in [3.63, 3.8) is 0 Å². The zero-order valence-electron chi connectivity index (χ0n) is 12.1. The summed E-state index contributed by atoms with van der Waals surface area (Å²) in [6.07, 6.45) is 3.03. The first kappa shape index (κ1) is 15.0. The van der Waals surface area contributed by atoms with Gasteiger partial charge in [0.15, 0.2) is 5.65 Å². The minimum Gasteiger partial charge on any atom is -0.433 e. The van der Waals surface area contributed by atoms with Crippen LogP contribution in [0.4, 0.5) is 8.78 Å². The molecule has 0 fully saturated rings. The highest BCUT2D eigenvalue weighted by Crippen LogP contribution is 2.19. The molecule has 0 aliphatic rings. The number of alkyl halides is 2. The Kier molecular flexibility index (Phi) is 3.96. The van der Waals surface area contributed by atoms with Gasteiger partial charge in [-0.3, -0.25) is 19.3 Å². The van der Waals surface area contributed by atoms with E-state index in [1.807, 2.05) is 0 Å². The van der Waals surface area contributed by atoms with Gasteiger partial charge >= 0.3 is 6.61 Å². The zero-order chi connectivity index (χ0) is 16.4. The molecule has 0 saturated heterocycles. The van der Waals surface area contributed by atoms with Gasteiger partial charge in [-0.1, -0.05) is 0 Å². The quantitative estimate of drug-likeness (QED) is 0.737. The molecule has 3 aromatic rings. The lowest BCUT2D eigenvalue weighted by molar-refractivity contribution is -0.0507. The first-order valence-electron chi connectivity index (χ1n) is 6.76. The predicted octanol–water partition coefficient (Wildman–Crippen LogP) is 2.14. The van der Waals surface area contributed by atoms with Crippen LogP contribution < -0.4 is 10.3 Å². The average molecular weight is 318 g/mol. The second kappa shape index (κ2) is 6.07. The molecule has 0 amide bonds. The van der Waals surface area contributed by atoms with Crippen molar-refractivity contribution in [2.24, 2.45) is 0 Å². The van der Waals surface area contributed by atoms with Crippen LogP contribution in [0, 0.1) is 6.92 Å². The van der Waals surface area contributed by atoms with Crippen LogP contribution in [-0.2, 0) is 6.54 Å². The SMILES string of the molecule is Cc1cnc2ccc(=O)n(Cc3ncccc3OC(F)F)c2n1. The Bertz CT molecular complexity index is 911. The number of aromatic nitrogens is 4. The van der Waals surface area contributed by atoms with Gasteiger partial charge in [0.05, 0.1) is 12.2 Å². The lowest BCUT2D eigenvalue weighted by Gasteiger charge is -2.12. The van der Waals surface area contributed by atoms with Crippen molar-refractivity contribution >= 4 is 11.2 Å². The van der Waals surface area contributed by atoms with Crippen molar-refractivity contribution < 1.29 is 13.5 Å². The Morgan fingerprint density at radius 2 is 2.09 bits per heavy atom. The molecule has 0 unspecified atom stereocenters. The molecule has 0 atom stereocenters. The van der Waals surface area contributed by atoms with Gasteiger partial charge in [0.1, 0.15) is 17.0 Å². The molecule has 3 heterocycles. The minimum absolute atomic E-state index is 0.0444. The monoisotopic (exact) mass is 318 g/mol. The van der Waals surface area contributed by atoms with Crippen LogP contribution in [0.3, 0.4) is 0 Å². The maximum Gasteiger partial charge on any atom is 0.387 e. The topological polar surface area (TPSA) is 69.9 Å². The van der Waals surface area contributed by atoms with Gasteiger partial charge in [-0.25, -0.2) is 4.98 Å². The number of ether oxygens (including phenoxy) is 1. The predicted molar refractivity (Wildman–Crippen MR) is 78.5 cm³/mol. The van der Waals surface area contributed by atoms with Gasteiger partial charge in [-0.2, -0.15) is 8.78 Å². The third-order valence-electron chi connectivity index (χ3n) is 3.18. The summed E-state index contributed by atoms with van der Waals surface area (Å²) < 4.78 is 30.7. The van der Waals surface area contributed by atoms with Crippen molar-refractivity contribution in [3.05, 3.63) is 58.4 Å². The van der Waals surface area contributed by atoms with E-state index in [1.54, 1.807) is 19.2 Å². The van der Waals surface area contributed by atoms with E-state index in [0.29, 0.717) is 16.9 Å². The number of rotatable bonds is 4. The fraction of sp³-hybridized carbons (Fsp3) is 0.200. The number of halogens is 2. The summed E-state index contributed by atoms with van der Waals surface area (Å²) in [4.78, 5) is 24.7. The van der Waals surface area contributed by atoms with E-state index >= 15 is 0 Å². The molecule has 0 bridgehead atoms. The summed E-state index contributed by atoms with van der Waals surface area (Å²) in [5, 5.41) is 0. The smallest absolute Gasteiger partial charge is 0.387 e. The molecule has 0 aromatic carbocycles. The van der Waals surface area contributed by atoms with Gasteiger partial charge in [-0.15, -0.1) is 0 Å². The van der Waals surface area contributed by atoms with E-state index in [-0.39, 0.29) is 23.5 Å². The van der Waals surface area contributed by atoms with Crippen LogP contribution in [0.2, 0.25) is 0 Å². The van der Waals surface area contributed by atoms with E-state index in [4.69, 9.17) is 0 Å². The fourth-order valence-electron chi connectivity index (χ4n) is 2.18. The summed E-state index contributed by atoms with van der Waals surface area (Å²) >= 11 is 0. The zero-order valence-corrected chi connectivity index (χ0v) is 12.1. The second-order valence-corrected chi connectivity index (χ2v) is 4.80. The minimum atomic E-state index is -2.97.